The van der Waals surface area contributed by atoms with Gasteiger partial charge in [0.1, 0.15) is 23.6 Å². The Kier molecular flexibility index (Phi) is 9.19. The fraction of sp³-hybridized carbons (Fsp3) is 0.560. The number of alkyl halides is 4. The Hall–Kier alpha value is -3.39. The first kappa shape index (κ1) is 29.6. The Morgan fingerprint density at radius 3 is 2.55 bits per heavy atom. The molecule has 3 atom stereocenters. The largest absolute Gasteiger partial charge is 0.410 e. The number of hydrogen-bond donors (Lipinski definition) is 3. The lowest BCUT2D eigenvalue weighted by atomic mass is 9.83. The first-order chi connectivity index (χ1) is 19.0. The van der Waals surface area contributed by atoms with Gasteiger partial charge in [-0.25, -0.2) is 9.78 Å². The number of nitrogens with zero attached hydrogens (tertiary/aromatic N) is 4. The van der Waals surface area contributed by atoms with Crippen LogP contribution in [0.15, 0.2) is 30.6 Å². The molecule has 4 amide bonds. The van der Waals surface area contributed by atoms with E-state index in [1.54, 1.807) is 13.1 Å². The highest BCUT2D eigenvalue weighted by Gasteiger charge is 2.48. The number of methoxy groups -OCH3 is 1. The lowest BCUT2D eigenvalue weighted by Crippen LogP contribution is -2.50. The molecule has 2 aromatic heterocycles. The van der Waals surface area contributed by atoms with Crippen LogP contribution in [-0.4, -0.2) is 81.4 Å². The summed E-state index contributed by atoms with van der Waals surface area (Å²) in [5.41, 5.74) is 0.704. The van der Waals surface area contributed by atoms with E-state index < -0.39 is 48.7 Å². The number of carbonyl (C=O) groups excluding carboxylic acids is 3. The number of aromatic nitrogens is 3. The van der Waals surface area contributed by atoms with Crippen molar-refractivity contribution in [3.63, 3.8) is 0 Å². The van der Waals surface area contributed by atoms with Gasteiger partial charge < -0.3 is 25.6 Å². The molecule has 15 heteroatoms. The van der Waals surface area contributed by atoms with Crippen molar-refractivity contribution in [2.24, 2.45) is 13.0 Å². The number of hydrogen-bond acceptors (Lipinski definition) is 6. The number of aryl methyl sites for hydroxylation is 1. The van der Waals surface area contributed by atoms with Crippen molar-refractivity contribution in [1.82, 2.24) is 30.3 Å². The lowest BCUT2D eigenvalue weighted by molar-refractivity contribution is -0.150. The number of halogens is 4. The molecule has 1 aliphatic heterocycles. The van der Waals surface area contributed by atoms with Crippen LogP contribution in [0.1, 0.15) is 47.8 Å². The summed E-state index contributed by atoms with van der Waals surface area (Å²) in [5, 5.41) is 11.5. The van der Waals surface area contributed by atoms with Crippen LogP contribution < -0.4 is 16.0 Å². The number of pyridine rings is 1. The second kappa shape index (κ2) is 12.4. The van der Waals surface area contributed by atoms with Crippen LogP contribution in [-0.2, 0) is 16.6 Å². The quantitative estimate of drug-likeness (QED) is 0.388. The molecule has 0 spiro atoms. The number of ether oxygens (including phenoxy) is 1. The second-order valence-electron chi connectivity index (χ2n) is 9.93. The standard InChI is InChI=1S/C25H31ClF3N7O4/c1-35-17(8-10-31-35)22(37)34-21(14-3-5-16(26)6-4-14)23(38)33-20-11-15(7-9-30-20)18(13-40-2)36-12-19(25(27,28)29)32-24(36)39/h7-11,14,16,18-19,21H,3-6,12-13H2,1-2H3,(H,32,39)(H,34,37)(H,30,33,38)/t14?,16?,18-,19+,21+/m1/s1. The van der Waals surface area contributed by atoms with E-state index in [0.717, 1.165) is 4.90 Å². The SMILES string of the molecule is COC[C@H](c1ccnc(NC(=O)[C@@H](NC(=O)c2ccnn2C)C2CCC(Cl)CC2)c1)N1C[C@@H](C(F)(F)F)NC1=O. The van der Waals surface area contributed by atoms with E-state index in [4.69, 9.17) is 16.3 Å². The van der Waals surface area contributed by atoms with Crippen molar-refractivity contribution < 1.29 is 32.3 Å². The predicted octanol–water partition coefficient (Wildman–Crippen LogP) is 2.99. The normalized spacial score (nSPS) is 22.9. The maximum Gasteiger partial charge on any atom is 0.410 e. The highest BCUT2D eigenvalue weighted by atomic mass is 35.5. The molecule has 218 valence electrons. The van der Waals surface area contributed by atoms with Crippen LogP contribution in [0.2, 0.25) is 0 Å². The zero-order chi connectivity index (χ0) is 29.0. The number of urea groups is 1. The molecule has 0 bridgehead atoms. The maximum atomic E-state index is 13.5. The van der Waals surface area contributed by atoms with Crippen LogP contribution in [0.5, 0.6) is 0 Å². The fourth-order valence-electron chi connectivity index (χ4n) is 5.08. The first-order valence-corrected chi connectivity index (χ1v) is 13.2. The van der Waals surface area contributed by atoms with E-state index in [2.05, 4.69) is 20.7 Å². The Balaban J connectivity index is 1.53. The van der Waals surface area contributed by atoms with Gasteiger partial charge in [0.25, 0.3) is 5.91 Å². The van der Waals surface area contributed by atoms with E-state index in [-0.39, 0.29) is 29.4 Å². The summed E-state index contributed by atoms with van der Waals surface area (Å²) in [5.74, 6) is -1.03. The summed E-state index contributed by atoms with van der Waals surface area (Å²) >= 11 is 6.26. The maximum absolute atomic E-state index is 13.5. The van der Waals surface area contributed by atoms with E-state index in [1.165, 1.54) is 36.3 Å². The van der Waals surface area contributed by atoms with Crippen molar-refractivity contribution in [2.75, 3.05) is 25.6 Å². The van der Waals surface area contributed by atoms with Crippen LogP contribution in [0.3, 0.4) is 0 Å². The second-order valence-corrected chi connectivity index (χ2v) is 10.6. The minimum Gasteiger partial charge on any atom is -0.382 e. The van der Waals surface area contributed by atoms with Gasteiger partial charge in [0, 0.05) is 31.9 Å². The zero-order valence-electron chi connectivity index (χ0n) is 21.9. The molecule has 0 radical (unpaired) electrons. The van der Waals surface area contributed by atoms with Crippen molar-refractivity contribution in [2.45, 2.75) is 55.4 Å². The molecule has 1 aliphatic carbocycles. The third-order valence-electron chi connectivity index (χ3n) is 7.25. The minimum absolute atomic E-state index is 0.00327. The molecule has 0 aromatic carbocycles. The number of rotatable bonds is 9. The Bertz CT molecular complexity index is 1220. The number of carbonyl (C=O) groups is 3. The molecular weight excluding hydrogens is 555 g/mol. The number of anilines is 1. The molecule has 40 heavy (non-hydrogen) atoms. The lowest BCUT2D eigenvalue weighted by Gasteiger charge is -2.31. The van der Waals surface area contributed by atoms with Gasteiger partial charge in [-0.3, -0.25) is 14.3 Å². The van der Waals surface area contributed by atoms with Gasteiger partial charge >= 0.3 is 12.2 Å². The summed E-state index contributed by atoms with van der Waals surface area (Å²) in [7, 11) is 2.99. The highest BCUT2D eigenvalue weighted by molar-refractivity contribution is 6.20. The fourth-order valence-corrected chi connectivity index (χ4v) is 5.33. The Labute approximate surface area is 233 Å². The average Bonchev–Trinajstić information content (AvgIpc) is 3.52. The molecule has 3 heterocycles. The molecule has 1 saturated heterocycles. The van der Waals surface area contributed by atoms with Gasteiger partial charge in [-0.1, -0.05) is 0 Å². The van der Waals surface area contributed by atoms with Gasteiger partial charge in [0.2, 0.25) is 5.91 Å². The van der Waals surface area contributed by atoms with Crippen molar-refractivity contribution >= 4 is 35.3 Å². The van der Waals surface area contributed by atoms with Crippen molar-refractivity contribution in [3.8, 4) is 0 Å². The molecule has 3 N–H and O–H groups in total. The molecule has 11 nitrogen and oxygen atoms in total. The van der Waals surface area contributed by atoms with Gasteiger partial charge in [-0.2, -0.15) is 18.3 Å². The third-order valence-corrected chi connectivity index (χ3v) is 7.69. The summed E-state index contributed by atoms with van der Waals surface area (Å²) in [4.78, 5) is 44.1. The molecular formula is C25H31ClF3N7O4. The van der Waals surface area contributed by atoms with Gasteiger partial charge in [-0.05, 0) is 55.4 Å². The van der Waals surface area contributed by atoms with Gasteiger partial charge in [-0.15, -0.1) is 11.6 Å². The van der Waals surface area contributed by atoms with Crippen LogP contribution in [0, 0.1) is 5.92 Å². The van der Waals surface area contributed by atoms with Gasteiger partial charge in [0.15, 0.2) is 0 Å². The molecule has 2 aromatic rings. The van der Waals surface area contributed by atoms with E-state index in [0.29, 0.717) is 31.2 Å². The monoisotopic (exact) mass is 585 g/mol. The van der Waals surface area contributed by atoms with E-state index in [9.17, 15) is 27.6 Å². The van der Waals surface area contributed by atoms with Gasteiger partial charge in [0.05, 0.1) is 19.2 Å². The van der Waals surface area contributed by atoms with Crippen molar-refractivity contribution in [3.05, 3.63) is 41.9 Å². The van der Waals surface area contributed by atoms with Crippen molar-refractivity contribution in [1.29, 1.82) is 0 Å². The topological polar surface area (TPSA) is 130 Å². The Morgan fingerprint density at radius 2 is 1.95 bits per heavy atom. The number of nitrogens with one attached hydrogen (secondary N) is 3. The average molecular weight is 586 g/mol. The molecule has 2 fully saturated rings. The highest BCUT2D eigenvalue weighted by Crippen LogP contribution is 2.32. The van der Waals surface area contributed by atoms with Crippen LogP contribution >= 0.6 is 11.6 Å². The molecule has 0 unspecified atom stereocenters. The molecule has 2 aliphatic rings. The van der Waals surface area contributed by atoms with E-state index >= 15 is 0 Å². The van der Waals surface area contributed by atoms with Crippen LogP contribution in [0.25, 0.3) is 0 Å². The zero-order valence-corrected chi connectivity index (χ0v) is 22.7. The van der Waals surface area contributed by atoms with E-state index in [1.807, 2.05) is 5.32 Å². The summed E-state index contributed by atoms with van der Waals surface area (Å²) < 4.78 is 46.3. The molecule has 4 rings (SSSR count). The molecule has 1 saturated carbocycles. The third kappa shape index (κ3) is 6.84. The van der Waals surface area contributed by atoms with Crippen LogP contribution in [0.4, 0.5) is 23.8 Å². The predicted molar refractivity (Wildman–Crippen MR) is 139 cm³/mol. The number of amides is 4. The first-order valence-electron chi connectivity index (χ1n) is 12.8. The smallest absolute Gasteiger partial charge is 0.382 e. The Morgan fingerprint density at radius 1 is 1.23 bits per heavy atom. The minimum atomic E-state index is -4.60. The summed E-state index contributed by atoms with van der Waals surface area (Å²) in [6.07, 6.45) is 0.910. The summed E-state index contributed by atoms with van der Waals surface area (Å²) in [6, 6.07) is -0.0906. The summed E-state index contributed by atoms with van der Waals surface area (Å²) in [6.45, 7) is -0.674.